The second kappa shape index (κ2) is 5.11. The fraction of sp³-hybridized carbons (Fsp3) is 0.538. The van der Waals surface area contributed by atoms with E-state index in [1.54, 1.807) is 18.2 Å². The first-order valence-electron chi connectivity index (χ1n) is 6.28. The third-order valence-corrected chi connectivity index (χ3v) is 5.17. The zero-order valence-electron chi connectivity index (χ0n) is 11.2. The number of β-amino-alcohol motifs (C(OH)–C–C–N with tert-alkyl or cyclic N) is 1. The normalized spacial score (nSPS) is 18.9. The summed E-state index contributed by atoms with van der Waals surface area (Å²) >= 11 is 0. The molecule has 106 valence electrons. The molecule has 1 fully saturated rings. The van der Waals surface area contributed by atoms with Crippen molar-refractivity contribution in [1.29, 1.82) is 0 Å². The molecule has 1 N–H and O–H groups in total. The monoisotopic (exact) mass is 285 g/mol. The summed E-state index contributed by atoms with van der Waals surface area (Å²) < 4.78 is 31.2. The van der Waals surface area contributed by atoms with E-state index in [4.69, 9.17) is 4.74 Å². The first kappa shape index (κ1) is 14.3. The second-order valence-electron chi connectivity index (χ2n) is 4.90. The Balaban J connectivity index is 2.21. The lowest BCUT2D eigenvalue weighted by Crippen LogP contribution is -2.63. The molecule has 0 saturated carbocycles. The summed E-state index contributed by atoms with van der Waals surface area (Å²) in [5.41, 5.74) is -0.871. The average molecular weight is 285 g/mol. The van der Waals surface area contributed by atoms with Crippen molar-refractivity contribution in [2.75, 3.05) is 20.2 Å². The SMILES string of the molecule is CCCC1(O)CN(S(=O)(=O)c2ccccc2OC)C1. The van der Waals surface area contributed by atoms with Gasteiger partial charge in [0.05, 0.1) is 12.7 Å². The van der Waals surface area contributed by atoms with Crippen LogP contribution in [0.1, 0.15) is 19.8 Å². The largest absolute Gasteiger partial charge is 0.495 e. The molecule has 1 aliphatic heterocycles. The zero-order chi connectivity index (χ0) is 14.1. The summed E-state index contributed by atoms with van der Waals surface area (Å²) in [5, 5.41) is 10.1. The van der Waals surface area contributed by atoms with E-state index in [2.05, 4.69) is 0 Å². The highest BCUT2D eigenvalue weighted by Crippen LogP contribution is 2.34. The van der Waals surface area contributed by atoms with Gasteiger partial charge in [-0.3, -0.25) is 0 Å². The Kier molecular flexibility index (Phi) is 3.85. The van der Waals surface area contributed by atoms with Crippen molar-refractivity contribution in [3.05, 3.63) is 24.3 Å². The van der Waals surface area contributed by atoms with Gasteiger partial charge in [-0.05, 0) is 18.6 Å². The van der Waals surface area contributed by atoms with Gasteiger partial charge in [-0.15, -0.1) is 0 Å². The van der Waals surface area contributed by atoms with Gasteiger partial charge in [0.25, 0.3) is 0 Å². The first-order chi connectivity index (χ1) is 8.93. The van der Waals surface area contributed by atoms with Crippen molar-refractivity contribution in [1.82, 2.24) is 4.31 Å². The maximum Gasteiger partial charge on any atom is 0.246 e. The average Bonchev–Trinajstić information content (AvgIpc) is 2.36. The Morgan fingerprint density at radius 1 is 1.37 bits per heavy atom. The number of benzene rings is 1. The molecule has 0 radical (unpaired) electrons. The standard InChI is InChI=1S/C13H19NO4S/c1-3-8-13(15)9-14(10-13)19(16,17)12-7-5-4-6-11(12)18-2/h4-7,15H,3,8-10H2,1-2H3. The molecule has 5 nitrogen and oxygen atoms in total. The number of ether oxygens (including phenoxy) is 1. The number of rotatable bonds is 5. The van der Waals surface area contributed by atoms with Crippen LogP contribution in [0.2, 0.25) is 0 Å². The molecule has 19 heavy (non-hydrogen) atoms. The molecule has 1 aliphatic rings. The van der Waals surface area contributed by atoms with E-state index >= 15 is 0 Å². The molecule has 0 unspecified atom stereocenters. The maximum atomic E-state index is 12.4. The van der Waals surface area contributed by atoms with Gasteiger partial charge in [0.2, 0.25) is 10.0 Å². The summed E-state index contributed by atoms with van der Waals surface area (Å²) in [4.78, 5) is 0.149. The fourth-order valence-corrected chi connectivity index (χ4v) is 4.13. The number of sulfonamides is 1. The topological polar surface area (TPSA) is 66.8 Å². The minimum absolute atomic E-state index is 0.149. The molecule has 0 amide bonds. The summed E-state index contributed by atoms with van der Waals surface area (Å²) in [5.74, 6) is 0.327. The first-order valence-corrected chi connectivity index (χ1v) is 7.72. The van der Waals surface area contributed by atoms with Gasteiger partial charge in [-0.25, -0.2) is 8.42 Å². The molecule has 0 bridgehead atoms. The molecular formula is C13H19NO4S. The van der Waals surface area contributed by atoms with Crippen molar-refractivity contribution < 1.29 is 18.3 Å². The predicted molar refractivity (Wildman–Crippen MR) is 71.6 cm³/mol. The summed E-state index contributed by atoms with van der Waals surface area (Å²) in [6.07, 6.45) is 1.45. The quantitative estimate of drug-likeness (QED) is 0.883. The molecule has 0 aromatic heterocycles. The second-order valence-corrected chi connectivity index (χ2v) is 6.80. The van der Waals surface area contributed by atoms with E-state index in [-0.39, 0.29) is 18.0 Å². The van der Waals surface area contributed by atoms with Crippen LogP contribution < -0.4 is 4.74 Å². The number of aliphatic hydroxyl groups is 1. The number of hydrogen-bond donors (Lipinski definition) is 1. The molecule has 2 rings (SSSR count). The van der Waals surface area contributed by atoms with Gasteiger partial charge < -0.3 is 9.84 Å². The lowest BCUT2D eigenvalue weighted by molar-refractivity contribution is -0.0653. The van der Waals surface area contributed by atoms with Crippen LogP contribution in [-0.2, 0) is 10.0 Å². The minimum Gasteiger partial charge on any atom is -0.495 e. The minimum atomic E-state index is -3.59. The smallest absolute Gasteiger partial charge is 0.246 e. The molecule has 1 heterocycles. The highest BCUT2D eigenvalue weighted by Gasteiger charge is 2.47. The maximum absolute atomic E-state index is 12.4. The predicted octanol–water partition coefficient (Wildman–Crippen LogP) is 1.23. The zero-order valence-corrected chi connectivity index (χ0v) is 12.0. The highest BCUT2D eigenvalue weighted by atomic mass is 32.2. The van der Waals surface area contributed by atoms with Crippen molar-refractivity contribution in [2.45, 2.75) is 30.3 Å². The Morgan fingerprint density at radius 2 is 2.00 bits per heavy atom. The summed E-state index contributed by atoms with van der Waals surface area (Å²) in [6.45, 7) is 2.28. The van der Waals surface area contributed by atoms with E-state index < -0.39 is 15.6 Å². The lowest BCUT2D eigenvalue weighted by atomic mass is 9.92. The van der Waals surface area contributed by atoms with E-state index in [9.17, 15) is 13.5 Å². The number of nitrogens with zero attached hydrogens (tertiary/aromatic N) is 1. The molecule has 1 saturated heterocycles. The molecule has 0 spiro atoms. The fourth-order valence-electron chi connectivity index (χ4n) is 2.37. The lowest BCUT2D eigenvalue weighted by Gasteiger charge is -2.45. The molecule has 0 atom stereocenters. The van der Waals surface area contributed by atoms with Crippen molar-refractivity contribution in [2.24, 2.45) is 0 Å². The van der Waals surface area contributed by atoms with E-state index in [1.165, 1.54) is 17.5 Å². The molecule has 6 heteroatoms. The number of para-hydroxylation sites is 1. The van der Waals surface area contributed by atoms with Gasteiger partial charge >= 0.3 is 0 Å². The molecule has 1 aromatic rings. The van der Waals surface area contributed by atoms with Crippen LogP contribution in [0, 0.1) is 0 Å². The summed E-state index contributed by atoms with van der Waals surface area (Å²) in [6, 6.07) is 6.52. The van der Waals surface area contributed by atoms with Crippen LogP contribution in [0.25, 0.3) is 0 Å². The van der Waals surface area contributed by atoms with Gasteiger partial charge in [0.15, 0.2) is 0 Å². The molecular weight excluding hydrogens is 266 g/mol. The Bertz CT molecular complexity index is 550. The Hall–Kier alpha value is -1.11. The van der Waals surface area contributed by atoms with Gasteiger partial charge in [0, 0.05) is 13.1 Å². The van der Waals surface area contributed by atoms with Gasteiger partial charge in [0.1, 0.15) is 10.6 Å². The van der Waals surface area contributed by atoms with Crippen LogP contribution in [0.3, 0.4) is 0 Å². The third kappa shape index (κ3) is 2.61. The van der Waals surface area contributed by atoms with Crippen LogP contribution in [-0.4, -0.2) is 43.6 Å². The van der Waals surface area contributed by atoms with Crippen LogP contribution >= 0.6 is 0 Å². The van der Waals surface area contributed by atoms with E-state index in [0.717, 1.165) is 6.42 Å². The number of hydrogen-bond acceptors (Lipinski definition) is 4. The van der Waals surface area contributed by atoms with E-state index in [1.807, 2.05) is 6.92 Å². The molecule has 1 aromatic carbocycles. The van der Waals surface area contributed by atoms with Crippen molar-refractivity contribution in [3.63, 3.8) is 0 Å². The van der Waals surface area contributed by atoms with Crippen LogP contribution in [0.15, 0.2) is 29.2 Å². The van der Waals surface area contributed by atoms with Crippen LogP contribution in [0.4, 0.5) is 0 Å². The van der Waals surface area contributed by atoms with Crippen molar-refractivity contribution >= 4 is 10.0 Å². The Morgan fingerprint density at radius 3 is 2.58 bits per heavy atom. The third-order valence-electron chi connectivity index (χ3n) is 3.34. The van der Waals surface area contributed by atoms with Crippen molar-refractivity contribution in [3.8, 4) is 5.75 Å². The van der Waals surface area contributed by atoms with Gasteiger partial charge in [-0.1, -0.05) is 25.5 Å². The van der Waals surface area contributed by atoms with E-state index in [0.29, 0.717) is 12.2 Å². The molecule has 0 aliphatic carbocycles. The van der Waals surface area contributed by atoms with Gasteiger partial charge in [-0.2, -0.15) is 4.31 Å². The highest BCUT2D eigenvalue weighted by molar-refractivity contribution is 7.89. The number of methoxy groups -OCH3 is 1. The van der Waals surface area contributed by atoms with Crippen LogP contribution in [0.5, 0.6) is 5.75 Å². The summed E-state index contributed by atoms with van der Waals surface area (Å²) in [7, 11) is -2.14. The Labute approximate surface area is 113 Å².